The van der Waals surface area contributed by atoms with E-state index in [4.69, 9.17) is 27.9 Å². The molecule has 1 heterocycles. The molecule has 21 heavy (non-hydrogen) atoms. The molecule has 1 atom stereocenters. The summed E-state index contributed by atoms with van der Waals surface area (Å²) in [6.45, 7) is 0. The topological polar surface area (TPSA) is 21.3 Å². The van der Waals surface area contributed by atoms with E-state index in [1.165, 1.54) is 10.5 Å². The molecular formula is C16H15Cl2NOS. The van der Waals surface area contributed by atoms with E-state index in [1.807, 2.05) is 42.1 Å². The summed E-state index contributed by atoms with van der Waals surface area (Å²) < 4.78 is 5.26. The second kappa shape index (κ2) is 6.39. The molecular weight excluding hydrogens is 325 g/mol. The normalized spacial score (nSPS) is 17.2. The van der Waals surface area contributed by atoms with Crippen molar-refractivity contribution in [1.82, 2.24) is 0 Å². The van der Waals surface area contributed by atoms with Crippen LogP contribution in [0.2, 0.25) is 10.0 Å². The van der Waals surface area contributed by atoms with Crippen LogP contribution in [-0.4, -0.2) is 12.9 Å². The van der Waals surface area contributed by atoms with E-state index in [2.05, 4.69) is 11.4 Å². The zero-order valence-corrected chi connectivity index (χ0v) is 13.9. The van der Waals surface area contributed by atoms with Crippen molar-refractivity contribution in [2.45, 2.75) is 17.4 Å². The minimum Gasteiger partial charge on any atom is -0.497 e. The summed E-state index contributed by atoms with van der Waals surface area (Å²) >= 11 is 14.3. The van der Waals surface area contributed by atoms with Gasteiger partial charge in [0.05, 0.1) is 23.9 Å². The minimum atomic E-state index is 0.213. The summed E-state index contributed by atoms with van der Waals surface area (Å²) in [5, 5.41) is 4.98. The Morgan fingerprint density at radius 1 is 1.19 bits per heavy atom. The summed E-state index contributed by atoms with van der Waals surface area (Å²) in [5.41, 5.74) is 2.12. The molecule has 0 amide bonds. The molecule has 1 aliphatic heterocycles. The second-order valence-electron chi connectivity index (χ2n) is 4.86. The van der Waals surface area contributed by atoms with Gasteiger partial charge in [-0.15, -0.1) is 11.8 Å². The maximum atomic E-state index is 6.28. The molecule has 2 nitrogen and oxygen atoms in total. The molecule has 1 aliphatic rings. The number of halogens is 2. The lowest BCUT2D eigenvalue weighted by atomic mass is 10.0. The zero-order chi connectivity index (χ0) is 14.8. The summed E-state index contributed by atoms with van der Waals surface area (Å²) in [6.07, 6.45) is 1.03. The van der Waals surface area contributed by atoms with Gasteiger partial charge in [-0.2, -0.15) is 0 Å². The molecule has 0 aromatic heterocycles. The van der Waals surface area contributed by atoms with E-state index in [0.29, 0.717) is 5.02 Å². The fraction of sp³-hybridized carbons (Fsp3) is 0.250. The number of ether oxygens (including phenoxy) is 1. The zero-order valence-electron chi connectivity index (χ0n) is 11.5. The molecule has 0 aliphatic carbocycles. The van der Waals surface area contributed by atoms with Gasteiger partial charge in [0.15, 0.2) is 0 Å². The van der Waals surface area contributed by atoms with Crippen LogP contribution < -0.4 is 10.1 Å². The molecule has 2 aromatic carbocycles. The van der Waals surface area contributed by atoms with E-state index in [9.17, 15) is 0 Å². The van der Waals surface area contributed by atoms with Crippen molar-refractivity contribution < 1.29 is 4.74 Å². The maximum Gasteiger partial charge on any atom is 0.121 e. The van der Waals surface area contributed by atoms with Gasteiger partial charge < -0.3 is 10.1 Å². The summed E-state index contributed by atoms with van der Waals surface area (Å²) in [4.78, 5) is 1.28. The molecule has 1 unspecified atom stereocenters. The first-order chi connectivity index (χ1) is 10.2. The van der Waals surface area contributed by atoms with Gasteiger partial charge in [0.2, 0.25) is 0 Å². The molecule has 1 N–H and O–H groups in total. The van der Waals surface area contributed by atoms with Crippen molar-refractivity contribution >= 4 is 40.7 Å². The number of methoxy groups -OCH3 is 1. The van der Waals surface area contributed by atoms with Crippen LogP contribution in [0, 0.1) is 0 Å². The Kier molecular flexibility index (Phi) is 4.53. The predicted octanol–water partition coefficient (Wildman–Crippen LogP) is 5.65. The van der Waals surface area contributed by atoms with Crippen LogP contribution >= 0.6 is 35.0 Å². The SMILES string of the molecule is COc1ccc(Cl)c(NC2CCSc3ccc(Cl)cc32)c1. The number of benzene rings is 2. The third-order valence-corrected chi connectivity index (χ3v) is 5.20. The summed E-state index contributed by atoms with van der Waals surface area (Å²) in [7, 11) is 1.65. The average Bonchev–Trinajstić information content (AvgIpc) is 2.50. The first kappa shape index (κ1) is 14.9. The highest BCUT2D eigenvalue weighted by Crippen LogP contribution is 2.40. The van der Waals surface area contributed by atoms with Gasteiger partial charge in [0.25, 0.3) is 0 Å². The van der Waals surface area contributed by atoms with Crippen LogP contribution in [0.5, 0.6) is 5.75 Å². The molecule has 5 heteroatoms. The van der Waals surface area contributed by atoms with Gasteiger partial charge in [-0.05, 0) is 42.3 Å². The van der Waals surface area contributed by atoms with Crippen molar-refractivity contribution in [2.75, 3.05) is 18.2 Å². The van der Waals surface area contributed by atoms with Crippen molar-refractivity contribution in [3.05, 3.63) is 52.0 Å². The van der Waals surface area contributed by atoms with E-state index in [-0.39, 0.29) is 6.04 Å². The van der Waals surface area contributed by atoms with E-state index >= 15 is 0 Å². The Morgan fingerprint density at radius 3 is 2.86 bits per heavy atom. The lowest BCUT2D eigenvalue weighted by Gasteiger charge is -2.27. The molecule has 2 aromatic rings. The van der Waals surface area contributed by atoms with Crippen LogP contribution in [0.15, 0.2) is 41.3 Å². The highest BCUT2D eigenvalue weighted by atomic mass is 35.5. The Bertz CT molecular complexity index is 663. The lowest BCUT2D eigenvalue weighted by molar-refractivity contribution is 0.415. The first-order valence-electron chi connectivity index (χ1n) is 6.69. The molecule has 0 spiro atoms. The van der Waals surface area contributed by atoms with E-state index < -0.39 is 0 Å². The Hall–Kier alpha value is -1.03. The largest absolute Gasteiger partial charge is 0.497 e. The Balaban J connectivity index is 1.91. The molecule has 0 saturated carbocycles. The molecule has 3 rings (SSSR count). The quantitative estimate of drug-likeness (QED) is 0.780. The number of hydrogen-bond donors (Lipinski definition) is 1. The second-order valence-corrected chi connectivity index (χ2v) is 6.84. The van der Waals surface area contributed by atoms with Gasteiger partial charge in [0.1, 0.15) is 5.75 Å². The molecule has 0 bridgehead atoms. The van der Waals surface area contributed by atoms with Gasteiger partial charge in [0, 0.05) is 21.7 Å². The fourth-order valence-electron chi connectivity index (χ4n) is 2.44. The fourth-order valence-corrected chi connectivity index (χ4v) is 3.90. The van der Waals surface area contributed by atoms with Gasteiger partial charge in [-0.25, -0.2) is 0 Å². The van der Waals surface area contributed by atoms with Crippen molar-refractivity contribution in [2.24, 2.45) is 0 Å². The minimum absolute atomic E-state index is 0.213. The Labute approximate surface area is 138 Å². The van der Waals surface area contributed by atoms with Gasteiger partial charge >= 0.3 is 0 Å². The summed E-state index contributed by atoms with van der Waals surface area (Å²) in [5.74, 6) is 1.87. The van der Waals surface area contributed by atoms with Crippen LogP contribution in [0.3, 0.4) is 0 Å². The number of anilines is 1. The van der Waals surface area contributed by atoms with Gasteiger partial charge in [-0.3, -0.25) is 0 Å². The van der Waals surface area contributed by atoms with Crippen LogP contribution in [0.1, 0.15) is 18.0 Å². The number of hydrogen-bond acceptors (Lipinski definition) is 3. The lowest BCUT2D eigenvalue weighted by Crippen LogP contribution is -2.16. The Morgan fingerprint density at radius 2 is 2.05 bits per heavy atom. The molecule has 110 valence electrons. The first-order valence-corrected chi connectivity index (χ1v) is 8.44. The monoisotopic (exact) mass is 339 g/mol. The van der Waals surface area contributed by atoms with E-state index in [0.717, 1.165) is 28.6 Å². The third-order valence-electron chi connectivity index (χ3n) is 3.51. The van der Waals surface area contributed by atoms with Crippen molar-refractivity contribution in [1.29, 1.82) is 0 Å². The summed E-state index contributed by atoms with van der Waals surface area (Å²) in [6, 6.07) is 11.9. The average molecular weight is 340 g/mol. The van der Waals surface area contributed by atoms with Crippen LogP contribution in [0.25, 0.3) is 0 Å². The number of rotatable bonds is 3. The number of nitrogens with one attached hydrogen (secondary N) is 1. The smallest absolute Gasteiger partial charge is 0.121 e. The highest BCUT2D eigenvalue weighted by molar-refractivity contribution is 7.99. The number of fused-ring (bicyclic) bond motifs is 1. The molecule has 0 radical (unpaired) electrons. The van der Waals surface area contributed by atoms with Crippen LogP contribution in [-0.2, 0) is 0 Å². The highest BCUT2D eigenvalue weighted by Gasteiger charge is 2.21. The molecule has 0 saturated heterocycles. The van der Waals surface area contributed by atoms with Crippen molar-refractivity contribution in [3.8, 4) is 5.75 Å². The standard InChI is InChI=1S/C16H15Cl2NOS/c1-20-11-3-4-13(18)15(9-11)19-14-6-7-21-16-5-2-10(17)8-12(14)16/h2-5,8-9,14,19H,6-7H2,1H3. The van der Waals surface area contributed by atoms with E-state index in [1.54, 1.807) is 7.11 Å². The van der Waals surface area contributed by atoms with Crippen LogP contribution in [0.4, 0.5) is 5.69 Å². The number of thioether (sulfide) groups is 1. The van der Waals surface area contributed by atoms with Crippen molar-refractivity contribution in [3.63, 3.8) is 0 Å². The molecule has 0 fully saturated rings. The maximum absolute atomic E-state index is 6.28. The third kappa shape index (κ3) is 3.25. The van der Waals surface area contributed by atoms with Gasteiger partial charge in [-0.1, -0.05) is 23.2 Å². The predicted molar refractivity (Wildman–Crippen MR) is 91.2 cm³/mol.